The molecular formula is C16H27BrNO2+. The Labute approximate surface area is 130 Å². The number of ether oxygens (including phenoxy) is 1. The molecule has 5 atom stereocenters. The van der Waals surface area contributed by atoms with Crippen LogP contribution in [0.4, 0.5) is 0 Å². The van der Waals surface area contributed by atoms with Gasteiger partial charge in [0, 0.05) is 17.2 Å². The molecule has 4 heteroatoms. The second-order valence-corrected chi connectivity index (χ2v) is 8.68. The Morgan fingerprint density at radius 3 is 2.70 bits per heavy atom. The van der Waals surface area contributed by atoms with E-state index in [4.69, 9.17) is 4.74 Å². The number of esters is 1. The number of quaternary nitrogens is 1. The maximum atomic E-state index is 12.2. The summed E-state index contributed by atoms with van der Waals surface area (Å²) in [5.74, 6) is 0.587. The summed E-state index contributed by atoms with van der Waals surface area (Å²) in [4.78, 5) is 12.5. The van der Waals surface area contributed by atoms with Gasteiger partial charge in [-0.05, 0) is 39.0 Å². The summed E-state index contributed by atoms with van der Waals surface area (Å²) in [6, 6.07) is 0.720. The molecule has 3 fully saturated rings. The molecule has 2 aliphatic heterocycles. The van der Waals surface area contributed by atoms with Crippen molar-refractivity contribution in [2.75, 3.05) is 26.7 Å². The van der Waals surface area contributed by atoms with Crippen molar-refractivity contribution in [1.29, 1.82) is 0 Å². The first-order valence-corrected chi connectivity index (χ1v) is 9.03. The van der Waals surface area contributed by atoms with Crippen LogP contribution < -0.4 is 0 Å². The van der Waals surface area contributed by atoms with Crippen LogP contribution >= 0.6 is 15.9 Å². The zero-order valence-electron chi connectivity index (χ0n) is 12.7. The van der Waals surface area contributed by atoms with Crippen LogP contribution in [0.1, 0.15) is 45.4 Å². The molecule has 3 aliphatic rings. The molecule has 3 nitrogen and oxygen atoms in total. The van der Waals surface area contributed by atoms with Crippen LogP contribution in [0.3, 0.4) is 0 Å². The number of halogens is 1. The van der Waals surface area contributed by atoms with Gasteiger partial charge >= 0.3 is 5.97 Å². The van der Waals surface area contributed by atoms with Gasteiger partial charge in [-0.1, -0.05) is 15.9 Å². The Hall–Kier alpha value is -0.0900. The van der Waals surface area contributed by atoms with Crippen LogP contribution in [-0.4, -0.2) is 48.1 Å². The van der Waals surface area contributed by atoms with E-state index in [9.17, 15) is 4.79 Å². The maximum absolute atomic E-state index is 12.2. The lowest BCUT2D eigenvalue weighted by molar-refractivity contribution is -0.947. The SMILES string of the molecule is C[C@]1(C(=O)OC[C@@H]2CCC[N+]3(C)CCCC[C@H]23)C[C@@H]1Br. The van der Waals surface area contributed by atoms with Crippen molar-refractivity contribution in [3.63, 3.8) is 0 Å². The van der Waals surface area contributed by atoms with Crippen molar-refractivity contribution in [3.05, 3.63) is 0 Å². The van der Waals surface area contributed by atoms with E-state index < -0.39 is 0 Å². The number of alkyl halides is 1. The molecule has 0 spiro atoms. The lowest BCUT2D eigenvalue weighted by Crippen LogP contribution is -2.61. The highest BCUT2D eigenvalue weighted by Crippen LogP contribution is 2.52. The van der Waals surface area contributed by atoms with E-state index in [1.165, 1.54) is 49.7 Å². The van der Waals surface area contributed by atoms with E-state index in [-0.39, 0.29) is 11.4 Å². The smallest absolute Gasteiger partial charge is 0.312 e. The molecule has 114 valence electrons. The van der Waals surface area contributed by atoms with Crippen LogP contribution in [0.25, 0.3) is 0 Å². The molecule has 2 heterocycles. The summed E-state index contributed by atoms with van der Waals surface area (Å²) in [6.45, 7) is 5.29. The lowest BCUT2D eigenvalue weighted by atomic mass is 9.82. The molecule has 0 radical (unpaired) electrons. The zero-order valence-corrected chi connectivity index (χ0v) is 14.3. The summed E-state index contributed by atoms with van der Waals surface area (Å²) in [5.41, 5.74) is -0.251. The van der Waals surface area contributed by atoms with Gasteiger partial charge in [-0.2, -0.15) is 0 Å². The molecule has 20 heavy (non-hydrogen) atoms. The molecule has 0 aromatic carbocycles. The second-order valence-electron chi connectivity index (χ2n) is 7.58. The monoisotopic (exact) mass is 344 g/mol. The van der Waals surface area contributed by atoms with Crippen molar-refractivity contribution in [1.82, 2.24) is 0 Å². The van der Waals surface area contributed by atoms with Gasteiger partial charge in [0.05, 0.1) is 38.2 Å². The van der Waals surface area contributed by atoms with E-state index >= 15 is 0 Å². The third-order valence-corrected chi connectivity index (χ3v) is 7.37. The topological polar surface area (TPSA) is 26.3 Å². The summed E-state index contributed by atoms with van der Waals surface area (Å²) < 4.78 is 6.92. The van der Waals surface area contributed by atoms with E-state index in [0.29, 0.717) is 17.4 Å². The van der Waals surface area contributed by atoms with Gasteiger partial charge < -0.3 is 9.22 Å². The number of rotatable bonds is 3. The molecule has 0 amide bonds. The molecule has 3 rings (SSSR count). The average molecular weight is 345 g/mol. The van der Waals surface area contributed by atoms with Crippen molar-refractivity contribution >= 4 is 21.9 Å². The molecule has 2 saturated heterocycles. The van der Waals surface area contributed by atoms with E-state index in [1.54, 1.807) is 0 Å². The number of fused-ring (bicyclic) bond motifs is 1. The third-order valence-electron chi connectivity index (χ3n) is 6.04. The highest BCUT2D eigenvalue weighted by Gasteiger charge is 2.56. The number of nitrogens with zero attached hydrogens (tertiary/aromatic N) is 1. The van der Waals surface area contributed by atoms with Crippen LogP contribution in [0, 0.1) is 11.3 Å². The first-order chi connectivity index (χ1) is 9.46. The highest BCUT2D eigenvalue weighted by atomic mass is 79.9. The third kappa shape index (κ3) is 2.54. The van der Waals surface area contributed by atoms with E-state index in [0.717, 1.165) is 12.5 Å². The lowest BCUT2D eigenvalue weighted by Gasteiger charge is -2.51. The summed E-state index contributed by atoms with van der Waals surface area (Å²) in [7, 11) is 2.41. The Morgan fingerprint density at radius 1 is 1.30 bits per heavy atom. The van der Waals surface area contributed by atoms with Gasteiger partial charge in [0.2, 0.25) is 0 Å². The van der Waals surface area contributed by atoms with Crippen LogP contribution in [0.15, 0.2) is 0 Å². The Kier molecular flexibility index (Phi) is 3.91. The normalized spacial score (nSPS) is 47.5. The fourth-order valence-corrected chi connectivity index (χ4v) is 5.16. The summed E-state index contributed by atoms with van der Waals surface area (Å²) in [6.07, 6.45) is 7.48. The fourth-order valence-electron chi connectivity index (χ4n) is 4.30. The second kappa shape index (κ2) is 5.28. The highest BCUT2D eigenvalue weighted by molar-refractivity contribution is 9.09. The summed E-state index contributed by atoms with van der Waals surface area (Å²) >= 11 is 3.53. The maximum Gasteiger partial charge on any atom is 0.312 e. The van der Waals surface area contributed by atoms with Crippen molar-refractivity contribution < 1.29 is 14.0 Å². The Morgan fingerprint density at radius 2 is 2.00 bits per heavy atom. The number of hydrogen-bond donors (Lipinski definition) is 0. The number of carbonyl (C=O) groups is 1. The molecule has 0 aromatic rings. The molecule has 0 aromatic heterocycles. The molecule has 1 aliphatic carbocycles. The number of carbonyl (C=O) groups excluding carboxylic acids is 1. The average Bonchev–Trinajstić information content (AvgIpc) is 3.04. The Balaban J connectivity index is 1.58. The van der Waals surface area contributed by atoms with Gasteiger partial charge in [-0.15, -0.1) is 0 Å². The molecule has 0 bridgehead atoms. The number of piperidine rings is 2. The van der Waals surface area contributed by atoms with Gasteiger partial charge in [-0.25, -0.2) is 0 Å². The molecular weight excluding hydrogens is 318 g/mol. The summed E-state index contributed by atoms with van der Waals surface area (Å²) in [5, 5.41) is 0. The van der Waals surface area contributed by atoms with Crippen LogP contribution in [0.2, 0.25) is 0 Å². The van der Waals surface area contributed by atoms with Crippen molar-refractivity contribution in [3.8, 4) is 0 Å². The minimum Gasteiger partial charge on any atom is -0.465 e. The molecule has 1 saturated carbocycles. The first-order valence-electron chi connectivity index (χ1n) is 8.11. The largest absolute Gasteiger partial charge is 0.465 e. The standard InChI is InChI=1S/C16H27BrNO2/c1-16(10-14(16)17)15(19)20-11-12-6-5-9-18(2)8-4-3-7-13(12)18/h12-14H,3-11H2,1-2H3/q+1/t12-,13+,14-,16-,18?/m0/s1. The predicted octanol–water partition coefficient (Wildman–Crippen LogP) is 3.11. The minimum absolute atomic E-state index is 0.00922. The van der Waals surface area contributed by atoms with Crippen LogP contribution in [-0.2, 0) is 9.53 Å². The Bertz CT molecular complexity index is 398. The number of hydrogen-bond acceptors (Lipinski definition) is 2. The van der Waals surface area contributed by atoms with Crippen molar-refractivity contribution in [2.45, 2.75) is 56.3 Å². The fraction of sp³-hybridized carbons (Fsp3) is 0.938. The first kappa shape index (κ1) is 14.8. The predicted molar refractivity (Wildman–Crippen MR) is 82.7 cm³/mol. The minimum atomic E-state index is -0.251. The van der Waals surface area contributed by atoms with Gasteiger partial charge in [0.25, 0.3) is 0 Å². The van der Waals surface area contributed by atoms with Gasteiger partial charge in [0.15, 0.2) is 0 Å². The molecule has 0 N–H and O–H groups in total. The quantitative estimate of drug-likeness (QED) is 0.446. The van der Waals surface area contributed by atoms with Gasteiger partial charge in [0.1, 0.15) is 0 Å². The van der Waals surface area contributed by atoms with E-state index in [2.05, 4.69) is 23.0 Å². The zero-order chi connectivity index (χ0) is 14.4. The van der Waals surface area contributed by atoms with E-state index in [1.807, 2.05) is 6.92 Å². The van der Waals surface area contributed by atoms with Gasteiger partial charge in [-0.3, -0.25) is 4.79 Å². The molecule has 1 unspecified atom stereocenters. The van der Waals surface area contributed by atoms with Crippen molar-refractivity contribution in [2.24, 2.45) is 11.3 Å². The van der Waals surface area contributed by atoms with Crippen LogP contribution in [0.5, 0.6) is 0 Å².